The summed E-state index contributed by atoms with van der Waals surface area (Å²) in [6.45, 7) is 1.78. The first-order valence-electron chi connectivity index (χ1n) is 11.8. The van der Waals surface area contributed by atoms with E-state index in [0.29, 0.717) is 30.9 Å². The number of nitrogens with zero attached hydrogens (tertiary/aromatic N) is 1. The van der Waals surface area contributed by atoms with Gasteiger partial charge < -0.3 is 14.6 Å². The summed E-state index contributed by atoms with van der Waals surface area (Å²) in [6, 6.07) is 16.8. The molecule has 0 spiro atoms. The number of nitrogens with one attached hydrogen (secondary N) is 1. The lowest BCUT2D eigenvalue weighted by Crippen LogP contribution is -2.53. The zero-order valence-electron chi connectivity index (χ0n) is 20.6. The molecule has 4 rings (SSSR count). The molecule has 38 heavy (non-hydrogen) atoms. The molecule has 1 aliphatic heterocycles. The molecular weight excluding hydrogens is 515 g/mol. The first-order chi connectivity index (χ1) is 18.1. The number of halogens is 1. The van der Waals surface area contributed by atoms with Crippen molar-refractivity contribution in [3.05, 3.63) is 94.8 Å². The van der Waals surface area contributed by atoms with Gasteiger partial charge in [0, 0.05) is 19.6 Å². The summed E-state index contributed by atoms with van der Waals surface area (Å²) in [5.74, 6) is -1.97. The lowest BCUT2D eigenvalue weighted by atomic mass is 10.1. The summed E-state index contributed by atoms with van der Waals surface area (Å²) in [4.78, 5) is 25.6. The van der Waals surface area contributed by atoms with E-state index in [9.17, 15) is 22.4 Å². The largest absolute Gasteiger partial charge is 0.488 e. The maximum atomic E-state index is 13.1. The van der Waals surface area contributed by atoms with Gasteiger partial charge >= 0.3 is 11.9 Å². The molecule has 2 N–H and O–H groups in total. The summed E-state index contributed by atoms with van der Waals surface area (Å²) >= 11 is 0. The zero-order valence-corrected chi connectivity index (χ0v) is 21.4. The van der Waals surface area contributed by atoms with Crippen LogP contribution in [-0.2, 0) is 27.7 Å². The number of likely N-dealkylation sites (tertiary alicyclic amines) is 1. The van der Waals surface area contributed by atoms with Gasteiger partial charge in [0.05, 0.1) is 29.7 Å². The summed E-state index contributed by atoms with van der Waals surface area (Å²) in [5.41, 5.74) is 1.86. The number of hydrogen-bond donors (Lipinski definition) is 2. The first kappa shape index (κ1) is 27.1. The van der Waals surface area contributed by atoms with Gasteiger partial charge in [0.25, 0.3) is 0 Å². The van der Waals surface area contributed by atoms with Crippen molar-refractivity contribution in [2.45, 2.75) is 19.1 Å². The molecule has 1 aliphatic rings. The van der Waals surface area contributed by atoms with Crippen LogP contribution in [0.3, 0.4) is 0 Å². The van der Waals surface area contributed by atoms with Crippen molar-refractivity contribution in [2.75, 3.05) is 30.7 Å². The lowest BCUT2D eigenvalue weighted by molar-refractivity contribution is 0.0144. The number of carbonyl (C=O) groups excluding carboxylic acids is 1. The standard InChI is InChI=1S/C27H27FN2O7S/c1-36-27(33)24-14-22(37-23-16-30(17-23)15-19-3-2-4-20(13-19)26(31)32)9-10-25(24)29-38(34,35)12-11-18-5-7-21(28)8-6-18/h2-10,13-14,23,29H,11-12,15-17H2,1H3,(H,31,32). The Kier molecular flexibility index (Phi) is 8.28. The number of sulfonamides is 1. The Balaban J connectivity index is 1.36. The number of carboxylic acids is 1. The van der Waals surface area contributed by atoms with Crippen LogP contribution in [0.5, 0.6) is 5.75 Å². The molecule has 0 atom stereocenters. The number of carboxylic acid groups (broad SMARTS) is 1. The van der Waals surface area contributed by atoms with Gasteiger partial charge in [0.1, 0.15) is 17.7 Å². The first-order valence-corrected chi connectivity index (χ1v) is 13.5. The molecule has 0 unspecified atom stereocenters. The van der Waals surface area contributed by atoms with Crippen LogP contribution >= 0.6 is 0 Å². The van der Waals surface area contributed by atoms with Gasteiger partial charge in [-0.1, -0.05) is 24.3 Å². The second-order valence-electron chi connectivity index (χ2n) is 8.94. The van der Waals surface area contributed by atoms with Gasteiger partial charge in [0.2, 0.25) is 10.0 Å². The molecule has 3 aromatic rings. The van der Waals surface area contributed by atoms with Gasteiger partial charge in [-0.05, 0) is 60.0 Å². The highest BCUT2D eigenvalue weighted by Crippen LogP contribution is 2.27. The third kappa shape index (κ3) is 7.08. The number of rotatable bonds is 11. The molecule has 3 aromatic carbocycles. The van der Waals surface area contributed by atoms with Crippen molar-refractivity contribution in [3.8, 4) is 5.75 Å². The number of hydrogen-bond acceptors (Lipinski definition) is 7. The average Bonchev–Trinajstić information content (AvgIpc) is 2.87. The summed E-state index contributed by atoms with van der Waals surface area (Å²) < 4.78 is 51.6. The fraction of sp³-hybridized carbons (Fsp3) is 0.259. The van der Waals surface area contributed by atoms with Gasteiger partial charge in [-0.15, -0.1) is 0 Å². The molecule has 9 nitrogen and oxygen atoms in total. The Morgan fingerprint density at radius 3 is 2.47 bits per heavy atom. The van der Waals surface area contributed by atoms with Gasteiger partial charge in [0.15, 0.2) is 0 Å². The quantitative estimate of drug-likeness (QED) is 0.353. The van der Waals surface area contributed by atoms with E-state index in [1.807, 2.05) is 6.07 Å². The van der Waals surface area contributed by atoms with Crippen molar-refractivity contribution in [2.24, 2.45) is 0 Å². The molecule has 200 valence electrons. The normalized spacial score (nSPS) is 13.9. The smallest absolute Gasteiger partial charge is 0.340 e. The molecular formula is C27H27FN2O7S. The SMILES string of the molecule is COC(=O)c1cc(OC2CN(Cc3cccc(C(=O)O)c3)C2)ccc1NS(=O)(=O)CCc1ccc(F)cc1. The van der Waals surface area contributed by atoms with Crippen molar-refractivity contribution in [1.82, 2.24) is 4.90 Å². The topological polar surface area (TPSA) is 122 Å². The van der Waals surface area contributed by atoms with Crippen LogP contribution in [0.15, 0.2) is 66.7 Å². The van der Waals surface area contributed by atoms with Gasteiger partial charge in [-0.2, -0.15) is 0 Å². The summed E-state index contributed by atoms with van der Waals surface area (Å²) in [7, 11) is -2.62. The van der Waals surface area contributed by atoms with Crippen LogP contribution in [0.2, 0.25) is 0 Å². The molecule has 0 radical (unpaired) electrons. The number of aryl methyl sites for hydroxylation is 1. The second-order valence-corrected chi connectivity index (χ2v) is 10.8. The highest BCUT2D eigenvalue weighted by Gasteiger charge is 2.29. The number of ether oxygens (including phenoxy) is 2. The van der Waals surface area contributed by atoms with Crippen LogP contribution in [0.25, 0.3) is 0 Å². The molecule has 0 amide bonds. The minimum atomic E-state index is -3.82. The van der Waals surface area contributed by atoms with Crippen LogP contribution in [-0.4, -0.2) is 62.4 Å². The Morgan fingerprint density at radius 1 is 1.05 bits per heavy atom. The molecule has 0 aliphatic carbocycles. The predicted octanol–water partition coefficient (Wildman–Crippen LogP) is 3.56. The lowest BCUT2D eigenvalue weighted by Gasteiger charge is -2.39. The number of methoxy groups -OCH3 is 1. The third-order valence-electron chi connectivity index (χ3n) is 6.04. The van der Waals surface area contributed by atoms with Crippen molar-refractivity contribution in [3.63, 3.8) is 0 Å². The Hall–Kier alpha value is -3.96. The van der Waals surface area contributed by atoms with E-state index in [2.05, 4.69) is 9.62 Å². The predicted molar refractivity (Wildman–Crippen MR) is 138 cm³/mol. The number of benzene rings is 3. The summed E-state index contributed by atoms with van der Waals surface area (Å²) in [6.07, 6.45) is 0.0183. The van der Waals surface area contributed by atoms with E-state index in [1.54, 1.807) is 24.3 Å². The van der Waals surface area contributed by atoms with E-state index < -0.39 is 27.8 Å². The zero-order chi connectivity index (χ0) is 27.3. The highest BCUT2D eigenvalue weighted by molar-refractivity contribution is 7.92. The van der Waals surface area contributed by atoms with Crippen LogP contribution in [0.4, 0.5) is 10.1 Å². The second kappa shape index (κ2) is 11.6. The molecule has 0 bridgehead atoms. The Labute approximate surface area is 219 Å². The minimum Gasteiger partial charge on any atom is -0.488 e. The Morgan fingerprint density at radius 2 is 1.79 bits per heavy atom. The molecule has 0 saturated carbocycles. The Bertz CT molecular complexity index is 1420. The van der Waals surface area contributed by atoms with Crippen molar-refractivity contribution < 1.29 is 37.0 Å². The fourth-order valence-electron chi connectivity index (χ4n) is 4.07. The van der Waals surface area contributed by atoms with Crippen molar-refractivity contribution in [1.29, 1.82) is 0 Å². The molecule has 11 heteroatoms. The fourth-order valence-corrected chi connectivity index (χ4v) is 5.19. The maximum absolute atomic E-state index is 13.1. The van der Waals surface area contributed by atoms with Crippen LogP contribution in [0, 0.1) is 5.82 Å². The van der Waals surface area contributed by atoms with Crippen LogP contribution < -0.4 is 9.46 Å². The van der Waals surface area contributed by atoms with E-state index in [0.717, 1.165) is 5.56 Å². The number of aromatic carboxylic acids is 1. The average molecular weight is 543 g/mol. The third-order valence-corrected chi connectivity index (χ3v) is 7.31. The van der Waals surface area contributed by atoms with Crippen molar-refractivity contribution >= 4 is 27.6 Å². The summed E-state index contributed by atoms with van der Waals surface area (Å²) in [5, 5.41) is 9.15. The van der Waals surface area contributed by atoms with Crippen LogP contribution in [0.1, 0.15) is 31.8 Å². The van der Waals surface area contributed by atoms with E-state index in [4.69, 9.17) is 14.6 Å². The van der Waals surface area contributed by atoms with E-state index >= 15 is 0 Å². The highest BCUT2D eigenvalue weighted by atomic mass is 32.2. The van der Waals surface area contributed by atoms with E-state index in [-0.39, 0.29) is 35.1 Å². The maximum Gasteiger partial charge on any atom is 0.340 e. The van der Waals surface area contributed by atoms with E-state index in [1.165, 1.54) is 43.5 Å². The van der Waals surface area contributed by atoms with Gasteiger partial charge in [-0.25, -0.2) is 22.4 Å². The molecule has 1 fully saturated rings. The van der Waals surface area contributed by atoms with Gasteiger partial charge in [-0.3, -0.25) is 9.62 Å². The number of anilines is 1. The molecule has 1 heterocycles. The monoisotopic (exact) mass is 542 g/mol. The molecule has 0 aromatic heterocycles. The number of carbonyl (C=O) groups is 2. The minimum absolute atomic E-state index is 0.0111. The molecule has 1 saturated heterocycles. The number of esters is 1.